The summed E-state index contributed by atoms with van der Waals surface area (Å²) >= 11 is 0. The van der Waals surface area contributed by atoms with Crippen LogP contribution in [0.2, 0.25) is 0 Å². The van der Waals surface area contributed by atoms with Crippen LogP contribution in [-0.2, 0) is 0 Å². The predicted molar refractivity (Wildman–Crippen MR) is 111 cm³/mol. The molecule has 12 heteroatoms. The summed E-state index contributed by atoms with van der Waals surface area (Å²) in [4.78, 5) is 31.9. The SMILES string of the molecule is C[C@@H]1CC[C@@H](Oc2nccn3c(C(F)F)cnc23)CN1C(=O)c1nccnc1-n1cccn1. The monoisotopic (exact) mass is 454 g/mol. The first-order valence-electron chi connectivity index (χ1n) is 10.4. The molecule has 5 heterocycles. The highest BCUT2D eigenvalue weighted by Gasteiger charge is 2.33. The first kappa shape index (κ1) is 20.9. The van der Waals surface area contributed by atoms with Crippen molar-refractivity contribution in [1.29, 1.82) is 0 Å². The number of piperidine rings is 1. The molecule has 5 rings (SSSR count). The summed E-state index contributed by atoms with van der Waals surface area (Å²) in [6, 6.07) is 1.68. The van der Waals surface area contributed by atoms with Crippen molar-refractivity contribution in [3.8, 4) is 11.7 Å². The average molecular weight is 454 g/mol. The second-order valence-electron chi connectivity index (χ2n) is 7.71. The maximum Gasteiger partial charge on any atom is 0.280 e. The average Bonchev–Trinajstić information content (AvgIpc) is 3.51. The van der Waals surface area contributed by atoms with Crippen molar-refractivity contribution in [2.75, 3.05) is 6.54 Å². The summed E-state index contributed by atoms with van der Waals surface area (Å²) < 4.78 is 35.2. The molecule has 2 atom stereocenters. The van der Waals surface area contributed by atoms with E-state index in [2.05, 4.69) is 25.0 Å². The quantitative estimate of drug-likeness (QED) is 0.457. The van der Waals surface area contributed by atoms with Crippen LogP contribution in [0.5, 0.6) is 5.88 Å². The highest BCUT2D eigenvalue weighted by molar-refractivity contribution is 5.95. The number of hydrogen-bond acceptors (Lipinski definition) is 7. The Kier molecular flexibility index (Phi) is 5.40. The molecule has 1 fully saturated rings. The number of hydrogen-bond donors (Lipinski definition) is 0. The van der Waals surface area contributed by atoms with E-state index in [4.69, 9.17) is 4.74 Å². The maximum absolute atomic E-state index is 13.4. The number of nitrogens with zero attached hydrogens (tertiary/aromatic N) is 8. The van der Waals surface area contributed by atoms with Crippen molar-refractivity contribution in [2.24, 2.45) is 0 Å². The van der Waals surface area contributed by atoms with Crippen LogP contribution < -0.4 is 4.74 Å². The standard InChI is InChI=1S/C21H20F2N8O2/c1-13-3-4-14(33-20-19-27-11-15(17(22)23)29(19)10-8-26-20)12-30(13)21(32)16-18(25-7-6-24-16)31-9-2-5-28-31/h2,5-11,13-14,17H,3-4,12H2,1H3/t13-,14-/m1/s1. The van der Waals surface area contributed by atoms with Gasteiger partial charge in [0.1, 0.15) is 11.8 Å². The summed E-state index contributed by atoms with van der Waals surface area (Å²) in [7, 11) is 0. The highest BCUT2D eigenvalue weighted by atomic mass is 19.3. The number of aromatic nitrogens is 7. The lowest BCUT2D eigenvalue weighted by Crippen LogP contribution is -2.49. The molecular formula is C21H20F2N8O2. The van der Waals surface area contributed by atoms with Crippen molar-refractivity contribution < 1.29 is 18.3 Å². The molecule has 1 amide bonds. The molecule has 0 saturated carbocycles. The molecule has 0 unspecified atom stereocenters. The summed E-state index contributed by atoms with van der Waals surface area (Å²) in [6.45, 7) is 2.24. The minimum atomic E-state index is -2.67. The zero-order valence-electron chi connectivity index (χ0n) is 17.6. The summed E-state index contributed by atoms with van der Waals surface area (Å²) in [5.74, 6) is 0.195. The van der Waals surface area contributed by atoms with Crippen molar-refractivity contribution >= 4 is 11.6 Å². The van der Waals surface area contributed by atoms with Gasteiger partial charge in [0.15, 0.2) is 11.5 Å². The number of halogens is 2. The number of likely N-dealkylation sites (tertiary alicyclic amines) is 1. The van der Waals surface area contributed by atoms with E-state index in [1.165, 1.54) is 33.9 Å². The number of fused-ring (bicyclic) bond motifs is 1. The molecule has 0 aliphatic carbocycles. The largest absolute Gasteiger partial charge is 0.470 e. The first-order chi connectivity index (χ1) is 16.0. The minimum absolute atomic E-state index is 0.0505. The molecule has 10 nitrogen and oxygen atoms in total. The zero-order valence-corrected chi connectivity index (χ0v) is 17.6. The number of rotatable bonds is 5. The molecule has 170 valence electrons. The van der Waals surface area contributed by atoms with Crippen molar-refractivity contribution in [2.45, 2.75) is 38.3 Å². The number of carbonyl (C=O) groups is 1. The lowest BCUT2D eigenvalue weighted by molar-refractivity contribution is 0.0370. The Hall–Kier alpha value is -3.96. The normalized spacial score (nSPS) is 18.7. The highest BCUT2D eigenvalue weighted by Crippen LogP contribution is 2.27. The molecule has 0 aromatic carbocycles. The van der Waals surface area contributed by atoms with E-state index in [-0.39, 0.29) is 47.5 Å². The fraction of sp³-hybridized carbons (Fsp3) is 0.333. The summed E-state index contributed by atoms with van der Waals surface area (Å²) in [6.07, 6.45) is 8.47. The third-order valence-electron chi connectivity index (χ3n) is 5.63. The molecule has 0 N–H and O–H groups in total. The lowest BCUT2D eigenvalue weighted by atomic mass is 10.0. The van der Waals surface area contributed by atoms with Gasteiger partial charge in [0.05, 0.1) is 12.7 Å². The van der Waals surface area contributed by atoms with Gasteiger partial charge in [-0.3, -0.25) is 9.20 Å². The van der Waals surface area contributed by atoms with Crippen LogP contribution in [0.25, 0.3) is 11.5 Å². The molecular weight excluding hydrogens is 434 g/mol. The van der Waals surface area contributed by atoms with Gasteiger partial charge in [-0.1, -0.05) is 0 Å². The van der Waals surface area contributed by atoms with E-state index in [1.807, 2.05) is 6.92 Å². The molecule has 0 bridgehead atoms. The van der Waals surface area contributed by atoms with Gasteiger partial charge in [0.25, 0.3) is 18.2 Å². The van der Waals surface area contributed by atoms with Gasteiger partial charge < -0.3 is 9.64 Å². The molecule has 1 aliphatic rings. The molecule has 4 aromatic heterocycles. The van der Waals surface area contributed by atoms with Crippen LogP contribution >= 0.6 is 0 Å². The Morgan fingerprint density at radius 1 is 1.09 bits per heavy atom. The van der Waals surface area contributed by atoms with E-state index in [0.717, 1.165) is 6.20 Å². The van der Waals surface area contributed by atoms with Crippen LogP contribution in [0.1, 0.15) is 42.4 Å². The zero-order chi connectivity index (χ0) is 22.9. The van der Waals surface area contributed by atoms with Crippen LogP contribution in [-0.4, -0.2) is 63.6 Å². The van der Waals surface area contributed by atoms with E-state index in [9.17, 15) is 13.6 Å². The number of imidazole rings is 1. The Morgan fingerprint density at radius 3 is 2.73 bits per heavy atom. The third kappa shape index (κ3) is 3.88. The van der Waals surface area contributed by atoms with Gasteiger partial charge in [0.2, 0.25) is 5.65 Å². The Bertz CT molecular complexity index is 1280. The summed E-state index contributed by atoms with van der Waals surface area (Å²) in [5, 5.41) is 4.16. The number of alkyl halides is 2. The number of amides is 1. The summed E-state index contributed by atoms with van der Waals surface area (Å²) in [5.41, 5.74) is 0.156. The molecule has 1 aliphatic heterocycles. The van der Waals surface area contributed by atoms with E-state index < -0.39 is 6.43 Å². The third-order valence-corrected chi connectivity index (χ3v) is 5.63. The van der Waals surface area contributed by atoms with Gasteiger partial charge in [-0.2, -0.15) is 5.10 Å². The van der Waals surface area contributed by atoms with Crippen LogP contribution in [0.15, 0.2) is 49.4 Å². The minimum Gasteiger partial charge on any atom is -0.470 e. The fourth-order valence-electron chi connectivity index (χ4n) is 3.95. The van der Waals surface area contributed by atoms with Gasteiger partial charge in [-0.05, 0) is 25.8 Å². The van der Waals surface area contributed by atoms with Crippen molar-refractivity contribution in [1.82, 2.24) is 39.0 Å². The molecule has 0 spiro atoms. The fourth-order valence-corrected chi connectivity index (χ4v) is 3.95. The van der Waals surface area contributed by atoms with E-state index in [0.29, 0.717) is 18.7 Å². The Morgan fingerprint density at radius 2 is 1.94 bits per heavy atom. The Labute approximate surface area is 186 Å². The van der Waals surface area contributed by atoms with Crippen molar-refractivity contribution in [3.63, 3.8) is 0 Å². The number of carbonyl (C=O) groups excluding carboxylic acids is 1. The second-order valence-corrected chi connectivity index (χ2v) is 7.71. The Balaban J connectivity index is 1.39. The van der Waals surface area contributed by atoms with Crippen LogP contribution in [0, 0.1) is 0 Å². The predicted octanol–water partition coefficient (Wildman–Crippen LogP) is 2.71. The lowest BCUT2D eigenvalue weighted by Gasteiger charge is -2.37. The van der Waals surface area contributed by atoms with Crippen molar-refractivity contribution in [3.05, 3.63) is 60.8 Å². The molecule has 1 saturated heterocycles. The van der Waals surface area contributed by atoms with Gasteiger partial charge >= 0.3 is 0 Å². The van der Waals surface area contributed by atoms with Gasteiger partial charge in [-0.25, -0.2) is 33.4 Å². The molecule has 0 radical (unpaired) electrons. The van der Waals surface area contributed by atoms with Gasteiger partial charge in [0, 0.05) is 43.2 Å². The van der Waals surface area contributed by atoms with E-state index >= 15 is 0 Å². The van der Waals surface area contributed by atoms with Crippen LogP contribution in [0.4, 0.5) is 8.78 Å². The topological polar surface area (TPSA) is 103 Å². The maximum atomic E-state index is 13.4. The molecule has 33 heavy (non-hydrogen) atoms. The van der Waals surface area contributed by atoms with Crippen LogP contribution in [0.3, 0.4) is 0 Å². The molecule has 4 aromatic rings. The first-order valence-corrected chi connectivity index (χ1v) is 10.4. The smallest absolute Gasteiger partial charge is 0.280 e. The van der Waals surface area contributed by atoms with E-state index in [1.54, 1.807) is 23.4 Å². The number of ether oxygens (including phenoxy) is 1. The second kappa shape index (κ2) is 8.52. The van der Waals surface area contributed by atoms with Gasteiger partial charge in [-0.15, -0.1) is 0 Å².